The third kappa shape index (κ3) is 3.03. The maximum absolute atomic E-state index is 5.34. The van der Waals surface area contributed by atoms with E-state index in [1.165, 1.54) is 11.3 Å². The third-order valence-corrected chi connectivity index (χ3v) is 4.12. The number of hydrogen-bond donors (Lipinski definition) is 1. The van der Waals surface area contributed by atoms with Crippen molar-refractivity contribution in [2.45, 2.75) is 39.8 Å². The van der Waals surface area contributed by atoms with Gasteiger partial charge in [-0.3, -0.25) is 0 Å². The van der Waals surface area contributed by atoms with Crippen molar-refractivity contribution < 1.29 is 4.74 Å². The Balaban J connectivity index is 2.21. The molecule has 106 valence electrons. The molecule has 1 aliphatic rings. The molecule has 0 spiro atoms. The molecule has 2 unspecified atom stereocenters. The van der Waals surface area contributed by atoms with Crippen molar-refractivity contribution in [1.82, 2.24) is 5.32 Å². The van der Waals surface area contributed by atoms with E-state index in [9.17, 15) is 0 Å². The van der Waals surface area contributed by atoms with E-state index in [0.29, 0.717) is 18.0 Å². The SMILES string of the molecule is COc1ccc(N2CC(C(C)C)NCC2C)cc1C. The molecular formula is C16H26N2O. The maximum Gasteiger partial charge on any atom is 0.121 e. The van der Waals surface area contributed by atoms with Gasteiger partial charge in [-0.15, -0.1) is 0 Å². The minimum absolute atomic E-state index is 0.530. The molecule has 1 aromatic carbocycles. The number of rotatable bonds is 3. The molecule has 2 rings (SSSR count). The highest BCUT2D eigenvalue weighted by Gasteiger charge is 2.27. The number of methoxy groups -OCH3 is 1. The molecule has 0 amide bonds. The highest BCUT2D eigenvalue weighted by Crippen LogP contribution is 2.27. The van der Waals surface area contributed by atoms with Crippen molar-refractivity contribution in [1.29, 1.82) is 0 Å². The van der Waals surface area contributed by atoms with Crippen molar-refractivity contribution in [2.24, 2.45) is 5.92 Å². The lowest BCUT2D eigenvalue weighted by Gasteiger charge is -2.42. The largest absolute Gasteiger partial charge is 0.496 e. The fourth-order valence-corrected chi connectivity index (χ4v) is 2.74. The number of benzene rings is 1. The van der Waals surface area contributed by atoms with Crippen LogP contribution in [0.15, 0.2) is 18.2 Å². The van der Waals surface area contributed by atoms with Crippen LogP contribution in [0.1, 0.15) is 26.3 Å². The van der Waals surface area contributed by atoms with Gasteiger partial charge in [0, 0.05) is 30.9 Å². The number of piperazine rings is 1. The molecular weight excluding hydrogens is 236 g/mol. The predicted molar refractivity (Wildman–Crippen MR) is 81.2 cm³/mol. The summed E-state index contributed by atoms with van der Waals surface area (Å²) in [6.07, 6.45) is 0. The van der Waals surface area contributed by atoms with Crippen molar-refractivity contribution in [3.63, 3.8) is 0 Å². The summed E-state index contributed by atoms with van der Waals surface area (Å²) in [5.41, 5.74) is 2.50. The first kappa shape index (κ1) is 14.2. The lowest BCUT2D eigenvalue weighted by molar-refractivity contribution is 0.337. The second-order valence-electron chi connectivity index (χ2n) is 5.91. The average Bonchev–Trinajstić information content (AvgIpc) is 2.38. The van der Waals surface area contributed by atoms with Gasteiger partial charge >= 0.3 is 0 Å². The second kappa shape index (κ2) is 5.83. The van der Waals surface area contributed by atoms with Crippen molar-refractivity contribution in [2.75, 3.05) is 25.1 Å². The molecule has 0 saturated carbocycles. The van der Waals surface area contributed by atoms with Gasteiger partial charge in [0.1, 0.15) is 5.75 Å². The summed E-state index contributed by atoms with van der Waals surface area (Å²) in [7, 11) is 1.73. The molecule has 1 fully saturated rings. The molecule has 0 aliphatic carbocycles. The van der Waals surface area contributed by atoms with Crippen LogP contribution in [0, 0.1) is 12.8 Å². The standard InChI is InChI=1S/C16H26N2O/c1-11(2)15-10-18(13(4)9-17-15)14-6-7-16(19-5)12(3)8-14/h6-8,11,13,15,17H,9-10H2,1-5H3. The molecule has 2 atom stereocenters. The molecule has 3 heteroatoms. The lowest BCUT2D eigenvalue weighted by atomic mass is 9.99. The Hall–Kier alpha value is -1.22. The fraction of sp³-hybridized carbons (Fsp3) is 0.625. The molecule has 3 nitrogen and oxygen atoms in total. The smallest absolute Gasteiger partial charge is 0.121 e. The molecule has 0 radical (unpaired) electrons. The lowest BCUT2D eigenvalue weighted by Crippen LogP contribution is -2.57. The summed E-state index contributed by atoms with van der Waals surface area (Å²) in [6.45, 7) is 11.1. The topological polar surface area (TPSA) is 24.5 Å². The van der Waals surface area contributed by atoms with E-state index < -0.39 is 0 Å². The number of nitrogens with zero attached hydrogens (tertiary/aromatic N) is 1. The molecule has 1 N–H and O–H groups in total. The monoisotopic (exact) mass is 262 g/mol. The third-order valence-electron chi connectivity index (χ3n) is 4.12. The Labute approximate surface area is 116 Å². The molecule has 1 saturated heterocycles. The van der Waals surface area contributed by atoms with Crippen molar-refractivity contribution >= 4 is 5.69 Å². The van der Waals surface area contributed by atoms with Crippen LogP contribution in [-0.2, 0) is 0 Å². The molecule has 0 bridgehead atoms. The Bertz CT molecular complexity index is 431. The Morgan fingerprint density at radius 3 is 2.68 bits per heavy atom. The first-order valence-corrected chi connectivity index (χ1v) is 7.17. The highest BCUT2D eigenvalue weighted by molar-refractivity contribution is 5.54. The molecule has 0 aromatic heterocycles. The van der Waals surface area contributed by atoms with E-state index in [2.05, 4.69) is 56.1 Å². The van der Waals surface area contributed by atoms with Gasteiger partial charge in [-0.1, -0.05) is 13.8 Å². The summed E-state index contributed by atoms with van der Waals surface area (Å²) in [5.74, 6) is 1.63. The number of ether oxygens (including phenoxy) is 1. The van der Waals surface area contributed by atoms with E-state index in [1.807, 2.05) is 0 Å². The zero-order valence-corrected chi connectivity index (χ0v) is 12.7. The maximum atomic E-state index is 5.34. The van der Waals surface area contributed by atoms with Gasteiger partial charge in [-0.2, -0.15) is 0 Å². The highest BCUT2D eigenvalue weighted by atomic mass is 16.5. The van der Waals surface area contributed by atoms with Crippen molar-refractivity contribution in [3.8, 4) is 5.75 Å². The minimum Gasteiger partial charge on any atom is -0.496 e. The van der Waals surface area contributed by atoms with Gasteiger partial charge in [-0.25, -0.2) is 0 Å². The Kier molecular flexibility index (Phi) is 4.35. The van der Waals surface area contributed by atoms with Crippen LogP contribution in [0.3, 0.4) is 0 Å². The summed E-state index contributed by atoms with van der Waals surface area (Å²) >= 11 is 0. The van der Waals surface area contributed by atoms with E-state index >= 15 is 0 Å². The van der Waals surface area contributed by atoms with Gasteiger partial charge in [-0.05, 0) is 43.5 Å². The zero-order valence-electron chi connectivity index (χ0n) is 12.7. The van der Waals surface area contributed by atoms with Crippen LogP contribution in [0.5, 0.6) is 5.75 Å². The number of nitrogens with one attached hydrogen (secondary N) is 1. The first-order valence-electron chi connectivity index (χ1n) is 7.17. The van der Waals surface area contributed by atoms with Gasteiger partial charge in [0.05, 0.1) is 7.11 Å². The number of anilines is 1. The van der Waals surface area contributed by atoms with Crippen molar-refractivity contribution in [3.05, 3.63) is 23.8 Å². The zero-order chi connectivity index (χ0) is 14.0. The summed E-state index contributed by atoms with van der Waals surface area (Å²) in [6, 6.07) is 7.58. The predicted octanol–water partition coefficient (Wildman–Crippen LogP) is 2.83. The average molecular weight is 262 g/mol. The van der Waals surface area contributed by atoms with E-state index in [4.69, 9.17) is 4.74 Å². The van der Waals surface area contributed by atoms with Gasteiger partial charge in [0.2, 0.25) is 0 Å². The summed E-state index contributed by atoms with van der Waals surface area (Å²) in [4.78, 5) is 2.51. The number of hydrogen-bond acceptors (Lipinski definition) is 3. The van der Waals surface area contributed by atoms with Crippen LogP contribution in [0.2, 0.25) is 0 Å². The molecule has 1 heterocycles. The first-order chi connectivity index (χ1) is 9.02. The summed E-state index contributed by atoms with van der Waals surface area (Å²) < 4.78 is 5.34. The van der Waals surface area contributed by atoms with Crippen LogP contribution < -0.4 is 15.0 Å². The molecule has 19 heavy (non-hydrogen) atoms. The van der Waals surface area contributed by atoms with Gasteiger partial charge < -0.3 is 15.0 Å². The minimum atomic E-state index is 0.530. The van der Waals surface area contributed by atoms with Crippen LogP contribution >= 0.6 is 0 Å². The Morgan fingerprint density at radius 2 is 2.11 bits per heavy atom. The summed E-state index contributed by atoms with van der Waals surface area (Å²) in [5, 5.41) is 3.64. The van der Waals surface area contributed by atoms with E-state index in [1.54, 1.807) is 7.11 Å². The van der Waals surface area contributed by atoms with Gasteiger partial charge in [0.25, 0.3) is 0 Å². The van der Waals surface area contributed by atoms with E-state index in [-0.39, 0.29) is 0 Å². The van der Waals surface area contributed by atoms with Crippen LogP contribution in [-0.4, -0.2) is 32.3 Å². The molecule has 1 aliphatic heterocycles. The van der Waals surface area contributed by atoms with Crippen LogP contribution in [0.4, 0.5) is 5.69 Å². The quantitative estimate of drug-likeness (QED) is 0.906. The van der Waals surface area contributed by atoms with Crippen LogP contribution in [0.25, 0.3) is 0 Å². The molecule has 1 aromatic rings. The number of aryl methyl sites for hydroxylation is 1. The van der Waals surface area contributed by atoms with Gasteiger partial charge in [0.15, 0.2) is 0 Å². The van der Waals surface area contributed by atoms with E-state index in [0.717, 1.165) is 18.8 Å². The fourth-order valence-electron chi connectivity index (χ4n) is 2.74. The normalized spacial score (nSPS) is 23.8. The second-order valence-corrected chi connectivity index (χ2v) is 5.91. The Morgan fingerprint density at radius 1 is 1.37 bits per heavy atom.